The molecule has 0 radical (unpaired) electrons. The maximum Gasteiger partial charge on any atom is 0.251 e. The van der Waals surface area contributed by atoms with Gasteiger partial charge in [-0.1, -0.05) is 32.1 Å². The van der Waals surface area contributed by atoms with Crippen LogP contribution in [0.4, 0.5) is 0 Å². The van der Waals surface area contributed by atoms with Crippen LogP contribution in [0.25, 0.3) is 0 Å². The van der Waals surface area contributed by atoms with Crippen molar-refractivity contribution < 1.29 is 17.9 Å². The van der Waals surface area contributed by atoms with E-state index in [1.165, 1.54) is 4.31 Å². The molecular weight excluding hydrogens is 364 g/mol. The number of piperazine rings is 1. The molecule has 1 aromatic rings. The van der Waals surface area contributed by atoms with E-state index in [0.717, 1.165) is 5.56 Å². The second-order valence-electron chi connectivity index (χ2n) is 7.04. The van der Waals surface area contributed by atoms with Gasteiger partial charge in [0.1, 0.15) is 6.10 Å². The molecule has 0 spiro atoms. The number of hydrogen-bond donors (Lipinski definition) is 0. The highest BCUT2D eigenvalue weighted by atomic mass is 32.2. The van der Waals surface area contributed by atoms with Crippen molar-refractivity contribution >= 4 is 15.9 Å². The molecule has 0 aromatic heterocycles. The van der Waals surface area contributed by atoms with Crippen molar-refractivity contribution in [3.8, 4) is 0 Å². The quantitative estimate of drug-likeness (QED) is 0.502. The molecule has 0 bridgehead atoms. The van der Waals surface area contributed by atoms with Crippen LogP contribution in [-0.4, -0.2) is 62.4 Å². The molecule has 1 unspecified atom stereocenters. The fourth-order valence-corrected chi connectivity index (χ4v) is 4.40. The zero-order chi connectivity index (χ0) is 20.0. The Balaban J connectivity index is 1.95. The number of ether oxygens (including phenoxy) is 1. The maximum atomic E-state index is 12.8. The van der Waals surface area contributed by atoms with E-state index in [0.29, 0.717) is 50.0 Å². The van der Waals surface area contributed by atoms with Crippen molar-refractivity contribution in [1.82, 2.24) is 9.21 Å². The molecule has 150 valence electrons. The standard InChI is InChI=1S/C20H30N2O4S/c1-5-6-15-26-17(4)20(23)21-11-13-22(14-12-21)27(24,25)19-9-7-18(8-10-19)16(2)3/h5,7-10,16-17H,1,6,11-15H2,2-4H3. The number of rotatable bonds is 8. The SMILES string of the molecule is C=CCCOC(C)C(=O)N1CCN(S(=O)(=O)c2ccc(C(C)C)cc2)CC1. The Morgan fingerprint density at radius 2 is 1.74 bits per heavy atom. The molecule has 1 aliphatic rings. The Hall–Kier alpha value is -1.70. The van der Waals surface area contributed by atoms with Gasteiger partial charge in [0.15, 0.2) is 0 Å². The van der Waals surface area contributed by atoms with Crippen LogP contribution in [0, 0.1) is 0 Å². The third-order valence-corrected chi connectivity index (χ3v) is 6.69. The summed E-state index contributed by atoms with van der Waals surface area (Å²) >= 11 is 0. The lowest BCUT2D eigenvalue weighted by Gasteiger charge is -2.35. The highest BCUT2D eigenvalue weighted by molar-refractivity contribution is 7.89. The van der Waals surface area contributed by atoms with Crippen molar-refractivity contribution in [2.75, 3.05) is 32.8 Å². The Bertz CT molecular complexity index is 736. The summed E-state index contributed by atoms with van der Waals surface area (Å²) < 4.78 is 32.6. The summed E-state index contributed by atoms with van der Waals surface area (Å²) in [6, 6.07) is 7.05. The van der Waals surface area contributed by atoms with Crippen LogP contribution in [0.5, 0.6) is 0 Å². The van der Waals surface area contributed by atoms with Crippen LogP contribution in [0.2, 0.25) is 0 Å². The first kappa shape index (κ1) is 21.6. The van der Waals surface area contributed by atoms with Crippen LogP contribution >= 0.6 is 0 Å². The number of hydrogen-bond acceptors (Lipinski definition) is 4. The lowest BCUT2D eigenvalue weighted by atomic mass is 10.0. The van der Waals surface area contributed by atoms with Crippen LogP contribution < -0.4 is 0 Å². The summed E-state index contributed by atoms with van der Waals surface area (Å²) in [4.78, 5) is 14.4. The van der Waals surface area contributed by atoms with E-state index in [-0.39, 0.29) is 5.91 Å². The first-order valence-electron chi connectivity index (χ1n) is 9.38. The Kier molecular flexibility index (Phi) is 7.59. The minimum absolute atomic E-state index is 0.0996. The van der Waals surface area contributed by atoms with Gasteiger partial charge in [0, 0.05) is 26.2 Å². The number of amides is 1. The van der Waals surface area contributed by atoms with Crippen molar-refractivity contribution in [1.29, 1.82) is 0 Å². The molecule has 0 aliphatic carbocycles. The molecule has 1 atom stereocenters. The number of carbonyl (C=O) groups is 1. The molecule has 27 heavy (non-hydrogen) atoms. The van der Waals surface area contributed by atoms with Gasteiger partial charge in [-0.25, -0.2) is 8.42 Å². The van der Waals surface area contributed by atoms with Crippen molar-refractivity contribution in [3.63, 3.8) is 0 Å². The Morgan fingerprint density at radius 3 is 2.26 bits per heavy atom. The lowest BCUT2D eigenvalue weighted by Crippen LogP contribution is -2.52. The predicted octanol–water partition coefficient (Wildman–Crippen LogP) is 2.62. The number of carbonyl (C=O) groups excluding carboxylic acids is 1. The van der Waals surface area contributed by atoms with Gasteiger partial charge in [-0.05, 0) is 37.0 Å². The summed E-state index contributed by atoms with van der Waals surface area (Å²) in [6.07, 6.45) is 1.91. The zero-order valence-electron chi connectivity index (χ0n) is 16.4. The summed E-state index contributed by atoms with van der Waals surface area (Å²) in [5.74, 6) is 0.254. The number of benzene rings is 1. The fraction of sp³-hybridized carbons (Fsp3) is 0.550. The molecule has 0 N–H and O–H groups in total. The highest BCUT2D eigenvalue weighted by Crippen LogP contribution is 2.21. The van der Waals surface area contributed by atoms with Gasteiger partial charge >= 0.3 is 0 Å². The van der Waals surface area contributed by atoms with Crippen molar-refractivity contribution in [3.05, 3.63) is 42.5 Å². The van der Waals surface area contributed by atoms with Crippen molar-refractivity contribution in [2.24, 2.45) is 0 Å². The predicted molar refractivity (Wildman–Crippen MR) is 106 cm³/mol. The van der Waals surface area contributed by atoms with Gasteiger partial charge in [-0.15, -0.1) is 6.58 Å². The van der Waals surface area contributed by atoms with Gasteiger partial charge in [-0.2, -0.15) is 4.31 Å². The summed E-state index contributed by atoms with van der Waals surface area (Å²) in [6.45, 7) is 11.3. The van der Waals surface area contributed by atoms with E-state index in [4.69, 9.17) is 4.74 Å². The summed E-state index contributed by atoms with van der Waals surface area (Å²) in [7, 11) is -3.54. The van der Waals surface area contributed by atoms with Gasteiger partial charge in [0.2, 0.25) is 10.0 Å². The lowest BCUT2D eigenvalue weighted by molar-refractivity contribution is -0.143. The Labute approximate surface area is 162 Å². The van der Waals surface area contributed by atoms with Crippen LogP contribution in [0.15, 0.2) is 41.8 Å². The molecule has 1 fully saturated rings. The minimum atomic E-state index is -3.54. The third-order valence-electron chi connectivity index (χ3n) is 4.77. The minimum Gasteiger partial charge on any atom is -0.368 e. The normalized spacial score (nSPS) is 17.1. The molecule has 1 amide bonds. The smallest absolute Gasteiger partial charge is 0.251 e. The average molecular weight is 395 g/mol. The van der Waals surface area contributed by atoms with E-state index in [2.05, 4.69) is 20.4 Å². The molecule has 7 heteroatoms. The second kappa shape index (κ2) is 9.48. The topological polar surface area (TPSA) is 66.9 Å². The van der Waals surface area contributed by atoms with E-state index < -0.39 is 16.1 Å². The zero-order valence-corrected chi connectivity index (χ0v) is 17.2. The summed E-state index contributed by atoms with van der Waals surface area (Å²) in [5, 5.41) is 0. The maximum absolute atomic E-state index is 12.8. The molecule has 0 saturated carbocycles. The molecule has 6 nitrogen and oxygen atoms in total. The molecule has 1 saturated heterocycles. The second-order valence-corrected chi connectivity index (χ2v) is 8.98. The van der Waals surface area contributed by atoms with Crippen molar-refractivity contribution in [2.45, 2.75) is 44.1 Å². The molecule has 1 aromatic carbocycles. The molecule has 1 aliphatic heterocycles. The molecule has 2 rings (SSSR count). The van der Waals surface area contributed by atoms with E-state index in [1.807, 2.05) is 12.1 Å². The van der Waals surface area contributed by atoms with Gasteiger partial charge in [0.25, 0.3) is 5.91 Å². The highest BCUT2D eigenvalue weighted by Gasteiger charge is 2.31. The van der Waals surface area contributed by atoms with E-state index in [1.54, 1.807) is 30.0 Å². The van der Waals surface area contributed by atoms with Gasteiger partial charge < -0.3 is 9.64 Å². The van der Waals surface area contributed by atoms with Crippen LogP contribution in [0.1, 0.15) is 38.7 Å². The van der Waals surface area contributed by atoms with Gasteiger partial charge in [0.05, 0.1) is 11.5 Å². The van der Waals surface area contributed by atoms with Gasteiger partial charge in [-0.3, -0.25) is 4.79 Å². The van der Waals surface area contributed by atoms with E-state index >= 15 is 0 Å². The average Bonchev–Trinajstić information content (AvgIpc) is 2.67. The number of nitrogens with zero attached hydrogens (tertiary/aromatic N) is 2. The Morgan fingerprint density at radius 1 is 1.15 bits per heavy atom. The first-order chi connectivity index (χ1) is 12.8. The van der Waals surface area contributed by atoms with Crippen LogP contribution in [-0.2, 0) is 19.6 Å². The summed E-state index contributed by atoms with van der Waals surface area (Å²) in [5.41, 5.74) is 1.11. The fourth-order valence-electron chi connectivity index (χ4n) is 2.98. The monoisotopic (exact) mass is 394 g/mol. The molecular formula is C20H30N2O4S. The third kappa shape index (κ3) is 5.40. The first-order valence-corrected chi connectivity index (χ1v) is 10.8. The largest absolute Gasteiger partial charge is 0.368 e. The number of sulfonamides is 1. The van der Waals surface area contributed by atoms with E-state index in [9.17, 15) is 13.2 Å². The van der Waals surface area contributed by atoms with Crippen LogP contribution in [0.3, 0.4) is 0 Å². The molecule has 1 heterocycles.